The van der Waals surface area contributed by atoms with Crippen molar-refractivity contribution in [2.45, 2.75) is 37.5 Å². The van der Waals surface area contributed by atoms with Gasteiger partial charge in [0, 0.05) is 24.4 Å². The zero-order valence-electron chi connectivity index (χ0n) is 18.5. The Morgan fingerprint density at radius 1 is 1.06 bits per heavy atom. The van der Waals surface area contributed by atoms with Crippen molar-refractivity contribution in [3.05, 3.63) is 83.2 Å². The van der Waals surface area contributed by atoms with Gasteiger partial charge in [0.25, 0.3) is 0 Å². The highest BCUT2D eigenvalue weighted by molar-refractivity contribution is 5.93. The molecule has 0 aliphatic carbocycles. The van der Waals surface area contributed by atoms with Crippen molar-refractivity contribution in [3.63, 3.8) is 0 Å². The van der Waals surface area contributed by atoms with Gasteiger partial charge in [0.2, 0.25) is 5.95 Å². The van der Waals surface area contributed by atoms with Crippen LogP contribution in [0.1, 0.15) is 36.2 Å². The molecule has 0 unspecified atom stereocenters. The molecule has 1 fully saturated rings. The SMILES string of the molecule is CC(C)(O)c1cc(C(F)(F)F)ncc1-c1ccc(C2(C(=O)Cc3ccc(F)nc3)COC2)cc1. The molecule has 0 bridgehead atoms. The summed E-state index contributed by atoms with van der Waals surface area (Å²) >= 11 is 0. The third-order valence-electron chi connectivity index (χ3n) is 5.99. The predicted molar refractivity (Wildman–Crippen MR) is 115 cm³/mol. The number of hydrogen-bond acceptors (Lipinski definition) is 5. The first-order chi connectivity index (χ1) is 15.9. The van der Waals surface area contributed by atoms with Crippen molar-refractivity contribution in [1.82, 2.24) is 9.97 Å². The number of benzene rings is 1. The average molecular weight is 474 g/mol. The maximum Gasteiger partial charge on any atom is 0.433 e. The van der Waals surface area contributed by atoms with Crippen molar-refractivity contribution in [2.75, 3.05) is 13.2 Å². The van der Waals surface area contributed by atoms with E-state index < -0.39 is 28.8 Å². The summed E-state index contributed by atoms with van der Waals surface area (Å²) in [7, 11) is 0. The number of nitrogens with zero attached hydrogens (tertiary/aromatic N) is 2. The summed E-state index contributed by atoms with van der Waals surface area (Å²) in [4.78, 5) is 20.2. The second kappa shape index (κ2) is 8.56. The first kappa shape index (κ1) is 24.0. The van der Waals surface area contributed by atoms with Crippen molar-refractivity contribution >= 4 is 5.78 Å². The Morgan fingerprint density at radius 2 is 1.74 bits per heavy atom. The van der Waals surface area contributed by atoms with Gasteiger partial charge in [-0.3, -0.25) is 9.78 Å². The van der Waals surface area contributed by atoms with Crippen LogP contribution in [0.4, 0.5) is 17.6 Å². The number of Topliss-reactive ketones (excluding diaryl/α,β-unsaturated/α-hetero) is 1. The van der Waals surface area contributed by atoms with Crippen molar-refractivity contribution in [3.8, 4) is 11.1 Å². The minimum atomic E-state index is -4.64. The molecule has 2 aromatic heterocycles. The van der Waals surface area contributed by atoms with E-state index in [1.54, 1.807) is 24.3 Å². The molecule has 0 atom stereocenters. The molecule has 1 aliphatic heterocycles. The minimum Gasteiger partial charge on any atom is -0.386 e. The number of carbonyl (C=O) groups excluding carboxylic acids is 1. The van der Waals surface area contributed by atoms with Gasteiger partial charge in [-0.25, -0.2) is 4.98 Å². The molecule has 0 spiro atoms. The summed E-state index contributed by atoms with van der Waals surface area (Å²) in [5.74, 6) is -0.732. The number of hydrogen-bond donors (Lipinski definition) is 1. The molecule has 1 aliphatic rings. The van der Waals surface area contributed by atoms with Crippen LogP contribution in [0.25, 0.3) is 11.1 Å². The van der Waals surface area contributed by atoms with Gasteiger partial charge in [0.05, 0.1) is 18.8 Å². The summed E-state index contributed by atoms with van der Waals surface area (Å²) in [6, 6.07) is 10.4. The molecule has 3 aromatic rings. The van der Waals surface area contributed by atoms with E-state index >= 15 is 0 Å². The lowest BCUT2D eigenvalue weighted by Gasteiger charge is -2.40. The highest BCUT2D eigenvalue weighted by Crippen LogP contribution is 2.39. The molecular formula is C25H22F4N2O3. The number of aliphatic hydroxyl groups is 1. The Labute approximate surface area is 193 Å². The molecule has 0 radical (unpaired) electrons. The van der Waals surface area contributed by atoms with E-state index in [4.69, 9.17) is 4.74 Å². The first-order valence-electron chi connectivity index (χ1n) is 10.5. The number of rotatable bonds is 6. The van der Waals surface area contributed by atoms with Crippen LogP contribution in [0.5, 0.6) is 0 Å². The second-order valence-corrected chi connectivity index (χ2v) is 8.91. The fraction of sp³-hybridized carbons (Fsp3) is 0.320. The summed E-state index contributed by atoms with van der Waals surface area (Å²) in [5, 5.41) is 10.5. The fourth-order valence-corrected chi connectivity index (χ4v) is 3.98. The standard InChI is InChI=1S/C25H22F4N2O3/c1-23(2,33)19-10-20(25(27,28)29)30-12-18(19)16-4-6-17(7-5-16)24(13-34-14-24)21(32)9-15-3-8-22(26)31-11-15/h3-8,10-12,33H,9,13-14H2,1-2H3. The number of aromatic nitrogens is 2. The lowest BCUT2D eigenvalue weighted by molar-refractivity contribution is -0.142. The molecule has 1 saturated heterocycles. The van der Waals surface area contributed by atoms with E-state index in [0.29, 0.717) is 22.3 Å². The maximum atomic E-state index is 13.2. The Bertz CT molecular complexity index is 1200. The molecule has 5 nitrogen and oxygen atoms in total. The summed E-state index contributed by atoms with van der Waals surface area (Å²) in [6.45, 7) is 3.20. The van der Waals surface area contributed by atoms with E-state index in [-0.39, 0.29) is 31.0 Å². The Morgan fingerprint density at radius 3 is 2.24 bits per heavy atom. The van der Waals surface area contributed by atoms with Crippen LogP contribution < -0.4 is 0 Å². The zero-order valence-corrected chi connectivity index (χ0v) is 18.5. The van der Waals surface area contributed by atoms with Crippen LogP contribution in [0.2, 0.25) is 0 Å². The summed E-state index contributed by atoms with van der Waals surface area (Å²) in [5.41, 5.74) is -1.22. The lowest BCUT2D eigenvalue weighted by Crippen LogP contribution is -2.53. The van der Waals surface area contributed by atoms with E-state index in [2.05, 4.69) is 9.97 Å². The zero-order chi connectivity index (χ0) is 24.7. The Balaban J connectivity index is 1.65. The molecule has 0 amide bonds. The molecule has 178 valence electrons. The van der Waals surface area contributed by atoms with Crippen molar-refractivity contribution in [2.24, 2.45) is 0 Å². The lowest BCUT2D eigenvalue weighted by atomic mass is 9.73. The molecule has 9 heteroatoms. The molecule has 1 N–H and O–H groups in total. The van der Waals surface area contributed by atoms with Gasteiger partial charge >= 0.3 is 6.18 Å². The van der Waals surface area contributed by atoms with Crippen LogP contribution >= 0.6 is 0 Å². The normalized spacial score (nSPS) is 15.6. The van der Waals surface area contributed by atoms with Gasteiger partial charge in [0.1, 0.15) is 11.1 Å². The van der Waals surface area contributed by atoms with E-state index in [0.717, 1.165) is 12.3 Å². The Kier molecular flexibility index (Phi) is 6.03. The number of halogens is 4. The average Bonchev–Trinajstić information content (AvgIpc) is 2.73. The number of alkyl halides is 3. The third-order valence-corrected chi connectivity index (χ3v) is 5.99. The molecule has 1 aromatic carbocycles. The maximum absolute atomic E-state index is 13.2. The predicted octanol–water partition coefficient (Wildman–Crippen LogP) is 4.61. The molecule has 0 saturated carbocycles. The smallest absolute Gasteiger partial charge is 0.386 e. The van der Waals surface area contributed by atoms with Crippen molar-refractivity contribution < 1.29 is 32.2 Å². The Hall–Kier alpha value is -3.17. The molecule has 34 heavy (non-hydrogen) atoms. The molecule has 4 rings (SSSR count). The quantitative estimate of drug-likeness (QED) is 0.417. The minimum absolute atomic E-state index is 0.0596. The number of ether oxygens (including phenoxy) is 1. The number of ketones is 1. The first-order valence-corrected chi connectivity index (χ1v) is 10.5. The highest BCUT2D eigenvalue weighted by Gasteiger charge is 2.46. The van der Waals surface area contributed by atoms with Crippen LogP contribution in [0.15, 0.2) is 54.9 Å². The van der Waals surface area contributed by atoms with Crippen molar-refractivity contribution in [1.29, 1.82) is 0 Å². The topological polar surface area (TPSA) is 72.3 Å². The van der Waals surface area contributed by atoms with Crippen LogP contribution in [0, 0.1) is 5.95 Å². The van der Waals surface area contributed by atoms with Gasteiger partial charge in [-0.2, -0.15) is 17.6 Å². The van der Waals surface area contributed by atoms with E-state index in [1.807, 2.05) is 0 Å². The highest BCUT2D eigenvalue weighted by atomic mass is 19.4. The van der Waals surface area contributed by atoms with Gasteiger partial charge in [-0.15, -0.1) is 0 Å². The second-order valence-electron chi connectivity index (χ2n) is 8.91. The number of carbonyl (C=O) groups is 1. The molecular weight excluding hydrogens is 452 g/mol. The van der Waals surface area contributed by atoms with Gasteiger partial charge in [-0.1, -0.05) is 30.3 Å². The van der Waals surface area contributed by atoms with E-state index in [1.165, 1.54) is 32.2 Å². The fourth-order valence-electron chi connectivity index (χ4n) is 3.98. The van der Waals surface area contributed by atoms with E-state index in [9.17, 15) is 27.5 Å². The molecule has 3 heterocycles. The third kappa shape index (κ3) is 4.58. The van der Waals surface area contributed by atoms with Gasteiger partial charge in [0.15, 0.2) is 5.78 Å². The summed E-state index contributed by atoms with van der Waals surface area (Å²) < 4.78 is 57.9. The summed E-state index contributed by atoms with van der Waals surface area (Å²) in [6.07, 6.45) is -2.16. The largest absolute Gasteiger partial charge is 0.433 e. The van der Waals surface area contributed by atoms with Crippen LogP contribution in [-0.4, -0.2) is 34.1 Å². The monoisotopic (exact) mass is 474 g/mol. The van der Waals surface area contributed by atoms with Gasteiger partial charge < -0.3 is 9.84 Å². The number of pyridine rings is 2. The van der Waals surface area contributed by atoms with Crippen LogP contribution in [0.3, 0.4) is 0 Å². The van der Waals surface area contributed by atoms with Crippen LogP contribution in [-0.2, 0) is 33.1 Å². The van der Waals surface area contributed by atoms with Gasteiger partial charge in [-0.05, 0) is 48.2 Å².